The molecule has 8 nitrogen and oxygen atoms in total. The minimum atomic E-state index is -4.12. The van der Waals surface area contributed by atoms with Crippen LogP contribution in [0.25, 0.3) is 0 Å². The summed E-state index contributed by atoms with van der Waals surface area (Å²) in [6.07, 6.45) is 0.735. The predicted octanol–water partition coefficient (Wildman–Crippen LogP) is 3.00. The maximum absolute atomic E-state index is 14.8. The number of carbonyl (C=O) groups excluding carboxylic acids is 1. The van der Waals surface area contributed by atoms with E-state index in [1.807, 2.05) is 4.90 Å². The SMILES string of the molecule is O=C(OC[C@@H]1CCC[C@H](c2cc(F)ccc2F)N1S(=O)(=O)c1ccccc1)N1CCN(CCO)CC1. The molecule has 36 heavy (non-hydrogen) atoms. The van der Waals surface area contributed by atoms with Gasteiger partial charge in [-0.1, -0.05) is 18.2 Å². The molecule has 2 aliphatic heterocycles. The van der Waals surface area contributed by atoms with Gasteiger partial charge in [-0.15, -0.1) is 0 Å². The summed E-state index contributed by atoms with van der Waals surface area (Å²) in [6, 6.07) is 9.15. The molecule has 1 N–H and O–H groups in total. The maximum Gasteiger partial charge on any atom is 0.409 e. The molecular weight excluding hydrogens is 492 g/mol. The van der Waals surface area contributed by atoms with Crippen LogP contribution in [0.1, 0.15) is 30.9 Å². The average molecular weight is 524 g/mol. The van der Waals surface area contributed by atoms with Crippen molar-refractivity contribution in [3.8, 4) is 0 Å². The van der Waals surface area contributed by atoms with Crippen molar-refractivity contribution in [2.24, 2.45) is 0 Å². The maximum atomic E-state index is 14.8. The second-order valence-corrected chi connectivity index (χ2v) is 10.9. The fraction of sp³-hybridized carbons (Fsp3) is 0.480. The van der Waals surface area contributed by atoms with Crippen LogP contribution in [-0.4, -0.2) is 85.7 Å². The van der Waals surface area contributed by atoms with Gasteiger partial charge in [0.05, 0.1) is 23.6 Å². The quantitative estimate of drug-likeness (QED) is 0.600. The summed E-state index contributed by atoms with van der Waals surface area (Å²) < 4.78 is 63.1. The molecule has 0 aromatic heterocycles. The van der Waals surface area contributed by atoms with Crippen molar-refractivity contribution in [2.75, 3.05) is 45.9 Å². The van der Waals surface area contributed by atoms with Crippen LogP contribution in [0.15, 0.2) is 53.4 Å². The van der Waals surface area contributed by atoms with E-state index < -0.39 is 39.8 Å². The Bertz CT molecular complexity index is 1140. The molecule has 2 aliphatic rings. The third-order valence-corrected chi connectivity index (χ3v) is 8.74. The normalized spacial score (nSPS) is 21.9. The van der Waals surface area contributed by atoms with Gasteiger partial charge in [0.15, 0.2) is 0 Å². The van der Waals surface area contributed by atoms with E-state index in [9.17, 15) is 22.0 Å². The summed E-state index contributed by atoms with van der Waals surface area (Å²) in [5.41, 5.74) is -0.0365. The molecule has 0 radical (unpaired) electrons. The van der Waals surface area contributed by atoms with Gasteiger partial charge in [0.25, 0.3) is 0 Å². The molecule has 2 aromatic rings. The predicted molar refractivity (Wildman–Crippen MR) is 129 cm³/mol. The second kappa shape index (κ2) is 11.6. The highest BCUT2D eigenvalue weighted by atomic mass is 32.2. The molecule has 0 spiro atoms. The van der Waals surface area contributed by atoms with Gasteiger partial charge in [-0.25, -0.2) is 22.0 Å². The molecule has 0 aliphatic carbocycles. The number of nitrogens with zero attached hydrogens (tertiary/aromatic N) is 3. The minimum Gasteiger partial charge on any atom is -0.448 e. The lowest BCUT2D eigenvalue weighted by Crippen LogP contribution is -2.51. The molecule has 0 bridgehead atoms. The smallest absolute Gasteiger partial charge is 0.409 e. The number of β-amino-alcohol motifs (C(OH)–C–C–N with tert-alkyl or cyclic N) is 1. The Kier molecular flexibility index (Phi) is 8.55. The minimum absolute atomic E-state index is 0.0324. The number of amides is 1. The summed E-state index contributed by atoms with van der Waals surface area (Å²) in [5, 5.41) is 9.09. The number of carbonyl (C=O) groups is 1. The molecule has 1 amide bonds. The molecule has 0 unspecified atom stereocenters. The van der Waals surface area contributed by atoms with Gasteiger partial charge in [-0.3, -0.25) is 4.90 Å². The fourth-order valence-electron chi connectivity index (χ4n) is 4.91. The first-order valence-electron chi connectivity index (χ1n) is 12.1. The van der Waals surface area contributed by atoms with Crippen molar-refractivity contribution in [3.05, 3.63) is 65.7 Å². The molecule has 196 valence electrons. The highest BCUT2D eigenvalue weighted by Gasteiger charge is 2.42. The number of ether oxygens (including phenoxy) is 1. The van der Waals surface area contributed by atoms with Gasteiger partial charge in [-0.05, 0) is 49.6 Å². The Morgan fingerprint density at radius 2 is 1.75 bits per heavy atom. The van der Waals surface area contributed by atoms with E-state index in [4.69, 9.17) is 9.84 Å². The van der Waals surface area contributed by atoms with Crippen molar-refractivity contribution in [3.63, 3.8) is 0 Å². The molecular formula is C25H31F2N3O5S. The Labute approximate surface area is 210 Å². The topological polar surface area (TPSA) is 90.4 Å². The third-order valence-electron chi connectivity index (χ3n) is 6.76. The first-order valence-corrected chi connectivity index (χ1v) is 13.5. The number of aliphatic hydroxyl groups is 1. The zero-order chi connectivity index (χ0) is 25.7. The number of sulfonamides is 1. The Hall–Kier alpha value is -2.60. The zero-order valence-corrected chi connectivity index (χ0v) is 20.7. The van der Waals surface area contributed by atoms with Crippen molar-refractivity contribution in [2.45, 2.75) is 36.2 Å². The average Bonchev–Trinajstić information content (AvgIpc) is 2.89. The summed E-state index contributed by atoms with van der Waals surface area (Å²) in [7, 11) is -4.12. The second-order valence-electron chi connectivity index (χ2n) is 9.04. The lowest BCUT2D eigenvalue weighted by atomic mass is 9.93. The van der Waals surface area contributed by atoms with E-state index in [0.29, 0.717) is 52.0 Å². The molecule has 4 rings (SSSR count). The van der Waals surface area contributed by atoms with Crippen LogP contribution in [0.2, 0.25) is 0 Å². The summed E-state index contributed by atoms with van der Waals surface area (Å²) in [4.78, 5) is 16.4. The van der Waals surface area contributed by atoms with Crippen LogP contribution < -0.4 is 0 Å². The molecule has 2 fully saturated rings. The first-order chi connectivity index (χ1) is 17.3. The van der Waals surface area contributed by atoms with Crippen molar-refractivity contribution < 1.29 is 31.8 Å². The first kappa shape index (κ1) is 26.5. The summed E-state index contributed by atoms with van der Waals surface area (Å²) >= 11 is 0. The van der Waals surface area contributed by atoms with Gasteiger partial charge in [0.1, 0.15) is 18.2 Å². The summed E-state index contributed by atoms with van der Waals surface area (Å²) in [5.74, 6) is -1.34. The van der Waals surface area contributed by atoms with Gasteiger partial charge in [0, 0.05) is 38.3 Å². The molecule has 0 saturated carbocycles. The van der Waals surface area contributed by atoms with E-state index in [-0.39, 0.29) is 23.7 Å². The molecule has 11 heteroatoms. The van der Waals surface area contributed by atoms with E-state index in [1.165, 1.54) is 16.4 Å². The Morgan fingerprint density at radius 1 is 1.03 bits per heavy atom. The standard InChI is InChI=1S/C25H31F2N3O5S/c26-19-9-10-23(27)22(17-19)24-8-4-5-20(30(24)36(33,34)21-6-2-1-3-7-21)18-35-25(32)29-13-11-28(12-14-29)15-16-31/h1-3,6-7,9-10,17,20,24,31H,4-5,8,11-16,18H2/t20-,24+/m0/s1. The number of hydrogen-bond donors (Lipinski definition) is 1. The number of piperidine rings is 1. The molecule has 2 heterocycles. The van der Waals surface area contributed by atoms with Crippen LogP contribution in [0.3, 0.4) is 0 Å². The Morgan fingerprint density at radius 3 is 2.44 bits per heavy atom. The monoisotopic (exact) mass is 523 g/mol. The highest BCUT2D eigenvalue weighted by Crippen LogP contribution is 2.40. The van der Waals surface area contributed by atoms with E-state index in [2.05, 4.69) is 0 Å². The van der Waals surface area contributed by atoms with Crippen molar-refractivity contribution in [1.82, 2.24) is 14.1 Å². The number of aliphatic hydroxyl groups excluding tert-OH is 1. The van der Waals surface area contributed by atoms with Gasteiger partial charge >= 0.3 is 6.09 Å². The Balaban J connectivity index is 1.57. The van der Waals surface area contributed by atoms with Gasteiger partial charge in [0.2, 0.25) is 10.0 Å². The molecule has 2 atom stereocenters. The lowest BCUT2D eigenvalue weighted by molar-refractivity contribution is 0.0463. The number of piperazine rings is 1. The van der Waals surface area contributed by atoms with E-state index in [0.717, 1.165) is 18.2 Å². The number of benzene rings is 2. The number of hydrogen-bond acceptors (Lipinski definition) is 6. The van der Waals surface area contributed by atoms with Crippen LogP contribution in [0, 0.1) is 11.6 Å². The van der Waals surface area contributed by atoms with E-state index in [1.54, 1.807) is 23.1 Å². The van der Waals surface area contributed by atoms with Crippen molar-refractivity contribution in [1.29, 1.82) is 0 Å². The molecule has 2 saturated heterocycles. The van der Waals surface area contributed by atoms with E-state index >= 15 is 0 Å². The number of rotatable bonds is 7. The lowest BCUT2D eigenvalue weighted by Gasteiger charge is -2.41. The molecule has 2 aromatic carbocycles. The van der Waals surface area contributed by atoms with Crippen LogP contribution in [-0.2, 0) is 14.8 Å². The van der Waals surface area contributed by atoms with Crippen LogP contribution in [0.5, 0.6) is 0 Å². The fourth-order valence-corrected chi connectivity index (χ4v) is 6.76. The zero-order valence-electron chi connectivity index (χ0n) is 19.9. The van der Waals surface area contributed by atoms with Crippen molar-refractivity contribution >= 4 is 16.1 Å². The highest BCUT2D eigenvalue weighted by molar-refractivity contribution is 7.89. The van der Waals surface area contributed by atoms with Crippen LogP contribution >= 0.6 is 0 Å². The number of halogens is 2. The largest absolute Gasteiger partial charge is 0.448 e. The van der Waals surface area contributed by atoms with Gasteiger partial charge < -0.3 is 14.7 Å². The summed E-state index contributed by atoms with van der Waals surface area (Å²) in [6.45, 7) is 2.47. The van der Waals surface area contributed by atoms with Crippen LogP contribution in [0.4, 0.5) is 13.6 Å². The van der Waals surface area contributed by atoms with Gasteiger partial charge in [-0.2, -0.15) is 4.31 Å². The third kappa shape index (κ3) is 5.86.